The van der Waals surface area contributed by atoms with Gasteiger partial charge in [-0.15, -0.1) is 0 Å². The van der Waals surface area contributed by atoms with Gasteiger partial charge in [-0.2, -0.15) is 0 Å². The number of nitrogens with two attached hydrogens (primary N) is 1. The van der Waals surface area contributed by atoms with Gasteiger partial charge >= 0.3 is 0 Å². The van der Waals surface area contributed by atoms with Crippen molar-refractivity contribution in [2.75, 3.05) is 13.7 Å². The Morgan fingerprint density at radius 1 is 1.23 bits per heavy atom. The van der Waals surface area contributed by atoms with Crippen LogP contribution in [0.25, 0.3) is 0 Å². The lowest BCUT2D eigenvalue weighted by Gasteiger charge is -2.15. The third kappa shape index (κ3) is 5.54. The van der Waals surface area contributed by atoms with Gasteiger partial charge in [0.05, 0.1) is 13.2 Å². The molecule has 0 atom stereocenters. The SMILES string of the molecule is CCCOc1cc(C)ccc1CNC(=NC)NCc1ccc(C(N)=O)o1. The summed E-state index contributed by atoms with van der Waals surface area (Å²) in [5.41, 5.74) is 7.39. The largest absolute Gasteiger partial charge is 0.493 e. The van der Waals surface area contributed by atoms with Crippen molar-refractivity contribution in [2.24, 2.45) is 10.7 Å². The van der Waals surface area contributed by atoms with Gasteiger partial charge < -0.3 is 25.5 Å². The average molecular weight is 358 g/mol. The first-order valence-corrected chi connectivity index (χ1v) is 8.58. The van der Waals surface area contributed by atoms with Gasteiger partial charge in [-0.05, 0) is 37.1 Å². The lowest BCUT2D eigenvalue weighted by molar-refractivity contribution is 0.0972. The summed E-state index contributed by atoms with van der Waals surface area (Å²) >= 11 is 0. The number of hydrogen-bond donors (Lipinski definition) is 3. The number of rotatable bonds is 8. The summed E-state index contributed by atoms with van der Waals surface area (Å²) in [7, 11) is 1.69. The Labute approximate surface area is 153 Å². The van der Waals surface area contributed by atoms with E-state index in [1.807, 2.05) is 19.1 Å². The summed E-state index contributed by atoms with van der Waals surface area (Å²) < 4.78 is 11.2. The van der Waals surface area contributed by atoms with Gasteiger partial charge in [0.15, 0.2) is 11.7 Å². The number of aryl methyl sites for hydroxylation is 1. The molecular weight excluding hydrogens is 332 g/mol. The molecule has 0 fully saturated rings. The van der Waals surface area contributed by atoms with Crippen molar-refractivity contribution in [1.29, 1.82) is 0 Å². The molecule has 0 saturated carbocycles. The molecule has 7 nitrogen and oxygen atoms in total. The van der Waals surface area contributed by atoms with Gasteiger partial charge in [0, 0.05) is 19.2 Å². The van der Waals surface area contributed by atoms with E-state index in [1.54, 1.807) is 19.2 Å². The normalized spacial score (nSPS) is 11.3. The van der Waals surface area contributed by atoms with E-state index in [1.165, 1.54) is 0 Å². The lowest BCUT2D eigenvalue weighted by Crippen LogP contribution is -2.36. The summed E-state index contributed by atoms with van der Waals surface area (Å²) in [6, 6.07) is 9.40. The predicted molar refractivity (Wildman–Crippen MR) is 101 cm³/mol. The third-order valence-corrected chi connectivity index (χ3v) is 3.69. The molecule has 0 spiro atoms. The van der Waals surface area contributed by atoms with E-state index >= 15 is 0 Å². The van der Waals surface area contributed by atoms with E-state index in [0.29, 0.717) is 31.4 Å². The Morgan fingerprint density at radius 3 is 2.65 bits per heavy atom. The standard InChI is InChI=1S/C19H26N4O3/c1-4-9-25-17-10-13(2)5-6-14(17)11-22-19(21-3)23-12-15-7-8-16(26-15)18(20)24/h5-8,10H,4,9,11-12H2,1-3H3,(H2,20,24)(H2,21,22,23). The summed E-state index contributed by atoms with van der Waals surface area (Å²) in [5, 5.41) is 6.38. The van der Waals surface area contributed by atoms with E-state index in [9.17, 15) is 4.79 Å². The average Bonchev–Trinajstić information content (AvgIpc) is 3.10. The number of amides is 1. The zero-order valence-electron chi connectivity index (χ0n) is 15.5. The summed E-state index contributed by atoms with van der Waals surface area (Å²) in [6.45, 7) is 5.77. The maximum atomic E-state index is 11.1. The predicted octanol–water partition coefficient (Wildman–Crippen LogP) is 2.34. The fourth-order valence-corrected chi connectivity index (χ4v) is 2.33. The quantitative estimate of drug-likeness (QED) is 0.497. The second-order valence-electron chi connectivity index (χ2n) is 5.87. The summed E-state index contributed by atoms with van der Waals surface area (Å²) in [5.74, 6) is 1.65. The fourth-order valence-electron chi connectivity index (χ4n) is 2.33. The van der Waals surface area contributed by atoms with E-state index in [4.69, 9.17) is 14.9 Å². The third-order valence-electron chi connectivity index (χ3n) is 3.69. The van der Waals surface area contributed by atoms with Crippen molar-refractivity contribution in [3.63, 3.8) is 0 Å². The number of nitrogens with one attached hydrogen (secondary N) is 2. The van der Waals surface area contributed by atoms with Gasteiger partial charge in [-0.1, -0.05) is 19.1 Å². The molecule has 0 bridgehead atoms. The molecular formula is C19H26N4O3. The Hall–Kier alpha value is -2.96. The van der Waals surface area contributed by atoms with Crippen LogP contribution >= 0.6 is 0 Å². The Morgan fingerprint density at radius 2 is 2.00 bits per heavy atom. The Bertz CT molecular complexity index is 768. The van der Waals surface area contributed by atoms with Crippen molar-refractivity contribution in [3.8, 4) is 5.75 Å². The minimum Gasteiger partial charge on any atom is -0.493 e. The van der Waals surface area contributed by atoms with Crippen molar-refractivity contribution >= 4 is 11.9 Å². The maximum absolute atomic E-state index is 11.1. The first-order chi connectivity index (χ1) is 12.5. The fraction of sp³-hybridized carbons (Fsp3) is 0.368. The molecule has 2 rings (SSSR count). The Kier molecular flexibility index (Phi) is 7.08. The molecule has 2 aromatic rings. The highest BCUT2D eigenvalue weighted by Crippen LogP contribution is 2.20. The molecule has 0 saturated heterocycles. The van der Waals surface area contributed by atoms with Gasteiger partial charge in [-0.3, -0.25) is 9.79 Å². The maximum Gasteiger partial charge on any atom is 0.284 e. The highest BCUT2D eigenvalue weighted by Gasteiger charge is 2.09. The van der Waals surface area contributed by atoms with E-state index in [-0.39, 0.29) is 5.76 Å². The molecule has 0 unspecified atom stereocenters. The number of carbonyl (C=O) groups is 1. The summed E-state index contributed by atoms with van der Waals surface area (Å²) in [4.78, 5) is 15.2. The smallest absolute Gasteiger partial charge is 0.284 e. The van der Waals surface area contributed by atoms with Gasteiger partial charge in [0.25, 0.3) is 5.91 Å². The monoisotopic (exact) mass is 358 g/mol. The Balaban J connectivity index is 1.93. The molecule has 1 amide bonds. The molecule has 0 radical (unpaired) electrons. The second-order valence-corrected chi connectivity index (χ2v) is 5.87. The number of nitrogens with zero attached hydrogens (tertiary/aromatic N) is 1. The zero-order chi connectivity index (χ0) is 18.9. The first-order valence-electron chi connectivity index (χ1n) is 8.58. The van der Waals surface area contributed by atoms with Gasteiger partial charge in [0.1, 0.15) is 11.5 Å². The van der Waals surface area contributed by atoms with Gasteiger partial charge in [0.2, 0.25) is 0 Å². The topological polar surface area (TPSA) is 102 Å². The molecule has 0 aliphatic rings. The zero-order valence-corrected chi connectivity index (χ0v) is 15.5. The van der Waals surface area contributed by atoms with Crippen LogP contribution < -0.4 is 21.1 Å². The van der Waals surface area contributed by atoms with E-state index in [0.717, 1.165) is 23.3 Å². The van der Waals surface area contributed by atoms with Crippen molar-refractivity contribution in [2.45, 2.75) is 33.4 Å². The van der Waals surface area contributed by atoms with E-state index < -0.39 is 5.91 Å². The van der Waals surface area contributed by atoms with Crippen LogP contribution in [0.2, 0.25) is 0 Å². The number of hydrogen-bond acceptors (Lipinski definition) is 4. The van der Waals surface area contributed by atoms with Crippen molar-refractivity contribution in [3.05, 3.63) is 53.0 Å². The van der Waals surface area contributed by atoms with Crippen LogP contribution in [0.5, 0.6) is 5.75 Å². The number of benzene rings is 1. The molecule has 4 N–H and O–H groups in total. The molecule has 26 heavy (non-hydrogen) atoms. The molecule has 1 heterocycles. The van der Waals surface area contributed by atoms with Crippen LogP contribution in [0.4, 0.5) is 0 Å². The molecule has 1 aromatic heterocycles. The number of aliphatic imine (C=N–C) groups is 1. The van der Waals surface area contributed by atoms with Crippen molar-refractivity contribution < 1.29 is 13.9 Å². The molecule has 7 heteroatoms. The molecule has 1 aromatic carbocycles. The number of ether oxygens (including phenoxy) is 1. The first kappa shape index (κ1) is 19.4. The molecule has 140 valence electrons. The number of guanidine groups is 1. The highest BCUT2D eigenvalue weighted by molar-refractivity contribution is 5.89. The van der Waals surface area contributed by atoms with Crippen LogP contribution in [-0.4, -0.2) is 25.5 Å². The lowest BCUT2D eigenvalue weighted by atomic mass is 10.1. The number of carbonyl (C=O) groups excluding carboxylic acids is 1. The van der Waals surface area contributed by atoms with Crippen molar-refractivity contribution in [1.82, 2.24) is 10.6 Å². The number of furan rings is 1. The minimum atomic E-state index is -0.585. The highest BCUT2D eigenvalue weighted by atomic mass is 16.5. The summed E-state index contributed by atoms with van der Waals surface area (Å²) in [6.07, 6.45) is 0.959. The van der Waals surface area contributed by atoms with Crippen LogP contribution in [0, 0.1) is 6.92 Å². The molecule has 0 aliphatic heterocycles. The van der Waals surface area contributed by atoms with Crippen LogP contribution in [0.3, 0.4) is 0 Å². The number of primary amides is 1. The minimum absolute atomic E-state index is 0.141. The van der Waals surface area contributed by atoms with Crippen LogP contribution in [0.15, 0.2) is 39.7 Å². The van der Waals surface area contributed by atoms with E-state index in [2.05, 4.69) is 28.6 Å². The van der Waals surface area contributed by atoms with Gasteiger partial charge in [-0.25, -0.2) is 0 Å². The van der Waals surface area contributed by atoms with Crippen LogP contribution in [-0.2, 0) is 13.1 Å². The second kappa shape index (κ2) is 9.50. The molecule has 0 aliphatic carbocycles. The van der Waals surface area contributed by atoms with Crippen LogP contribution in [0.1, 0.15) is 40.8 Å².